The zero-order chi connectivity index (χ0) is 13.1. The number of pyridine rings is 1. The van der Waals surface area contributed by atoms with Crippen molar-refractivity contribution in [3.05, 3.63) is 23.4 Å². The van der Waals surface area contributed by atoms with E-state index in [2.05, 4.69) is 36.7 Å². The Kier molecular flexibility index (Phi) is 4.19. The summed E-state index contributed by atoms with van der Waals surface area (Å²) in [6.45, 7) is 8.76. The van der Waals surface area contributed by atoms with Gasteiger partial charge >= 0.3 is 0 Å². The molecule has 0 aliphatic carbocycles. The fourth-order valence-electron chi connectivity index (χ4n) is 2.43. The van der Waals surface area contributed by atoms with Crippen LogP contribution in [0.15, 0.2) is 12.3 Å². The fourth-order valence-corrected chi connectivity index (χ4v) is 2.43. The predicted molar refractivity (Wildman–Crippen MR) is 74.0 cm³/mol. The monoisotopic (exact) mass is 249 g/mol. The second-order valence-electron chi connectivity index (χ2n) is 5.17. The Morgan fingerprint density at radius 2 is 2.28 bits per heavy atom. The molecule has 0 radical (unpaired) electrons. The molecule has 100 valence electrons. The van der Waals surface area contributed by atoms with Gasteiger partial charge in [-0.25, -0.2) is 4.98 Å². The highest BCUT2D eigenvalue weighted by molar-refractivity contribution is 5.48. The van der Waals surface area contributed by atoms with Crippen LogP contribution in [0, 0.1) is 6.92 Å². The molecule has 0 spiro atoms. The molecular formula is C14H23N3O. The molecule has 0 aromatic carbocycles. The van der Waals surface area contributed by atoms with E-state index >= 15 is 0 Å². The molecule has 1 fully saturated rings. The molecule has 4 heteroatoms. The number of hydrogen-bond acceptors (Lipinski definition) is 4. The van der Waals surface area contributed by atoms with Crippen molar-refractivity contribution in [2.45, 2.75) is 39.3 Å². The van der Waals surface area contributed by atoms with Crippen LogP contribution in [-0.2, 0) is 11.2 Å². The molecule has 0 bridgehead atoms. The SMILES string of the molecule is Cc1cc(CCN)cnc1N1CC(C)OCC1C. The second kappa shape index (κ2) is 5.67. The minimum absolute atomic E-state index is 0.270. The Morgan fingerprint density at radius 1 is 1.50 bits per heavy atom. The summed E-state index contributed by atoms with van der Waals surface area (Å²) in [5.74, 6) is 1.08. The maximum atomic E-state index is 5.66. The standard InChI is InChI=1S/C14H23N3O/c1-10-6-13(4-5-15)7-16-14(10)17-8-12(3)18-9-11(17)2/h6-7,11-12H,4-5,8-9,15H2,1-3H3. The fraction of sp³-hybridized carbons (Fsp3) is 0.643. The summed E-state index contributed by atoms with van der Waals surface area (Å²) in [7, 11) is 0. The Hall–Kier alpha value is -1.13. The van der Waals surface area contributed by atoms with Gasteiger partial charge in [-0.1, -0.05) is 6.07 Å². The smallest absolute Gasteiger partial charge is 0.131 e. The van der Waals surface area contributed by atoms with Crippen molar-refractivity contribution < 1.29 is 4.74 Å². The third-order valence-corrected chi connectivity index (χ3v) is 3.42. The molecule has 0 amide bonds. The molecule has 1 aromatic rings. The van der Waals surface area contributed by atoms with Crippen molar-refractivity contribution in [3.63, 3.8) is 0 Å². The molecule has 1 aliphatic rings. The zero-order valence-corrected chi connectivity index (χ0v) is 11.5. The van der Waals surface area contributed by atoms with Crippen molar-refractivity contribution in [2.75, 3.05) is 24.6 Å². The van der Waals surface area contributed by atoms with E-state index in [1.165, 1.54) is 11.1 Å². The summed E-state index contributed by atoms with van der Waals surface area (Å²) in [6.07, 6.45) is 3.11. The molecule has 18 heavy (non-hydrogen) atoms. The lowest BCUT2D eigenvalue weighted by Gasteiger charge is -2.38. The van der Waals surface area contributed by atoms with E-state index in [4.69, 9.17) is 10.5 Å². The third-order valence-electron chi connectivity index (χ3n) is 3.42. The second-order valence-corrected chi connectivity index (χ2v) is 5.17. The Labute approximate surface area is 109 Å². The molecule has 1 aromatic heterocycles. The number of hydrogen-bond donors (Lipinski definition) is 1. The number of nitrogens with two attached hydrogens (primary N) is 1. The molecule has 1 saturated heterocycles. The molecule has 2 unspecified atom stereocenters. The van der Waals surface area contributed by atoms with Crippen molar-refractivity contribution in [1.29, 1.82) is 0 Å². The van der Waals surface area contributed by atoms with Gasteiger partial charge in [-0.3, -0.25) is 0 Å². The first-order chi connectivity index (χ1) is 8.61. The Morgan fingerprint density at radius 3 is 2.94 bits per heavy atom. The van der Waals surface area contributed by atoms with E-state index in [1.807, 2.05) is 6.20 Å². The van der Waals surface area contributed by atoms with Crippen molar-refractivity contribution in [3.8, 4) is 0 Å². The van der Waals surface area contributed by atoms with E-state index in [-0.39, 0.29) is 6.10 Å². The normalized spacial score (nSPS) is 24.3. The minimum Gasteiger partial charge on any atom is -0.375 e. The summed E-state index contributed by atoms with van der Waals surface area (Å²) in [4.78, 5) is 6.96. The maximum absolute atomic E-state index is 5.66. The van der Waals surface area contributed by atoms with Gasteiger partial charge in [0.25, 0.3) is 0 Å². The minimum atomic E-state index is 0.270. The molecule has 2 rings (SSSR count). The number of morpholine rings is 1. The highest BCUT2D eigenvalue weighted by atomic mass is 16.5. The van der Waals surface area contributed by atoms with E-state index in [0.717, 1.165) is 25.4 Å². The molecular weight excluding hydrogens is 226 g/mol. The van der Waals surface area contributed by atoms with Crippen LogP contribution in [-0.4, -0.2) is 36.8 Å². The van der Waals surface area contributed by atoms with Crippen molar-refractivity contribution in [1.82, 2.24) is 4.98 Å². The molecule has 4 nitrogen and oxygen atoms in total. The number of nitrogens with zero attached hydrogens (tertiary/aromatic N) is 2. The average molecular weight is 249 g/mol. The van der Waals surface area contributed by atoms with Crippen LogP contribution in [0.1, 0.15) is 25.0 Å². The molecule has 2 atom stereocenters. The first kappa shape index (κ1) is 13.3. The van der Waals surface area contributed by atoms with Crippen LogP contribution in [0.3, 0.4) is 0 Å². The summed E-state index contributed by atoms with van der Waals surface area (Å²) in [5, 5.41) is 0. The average Bonchev–Trinajstić information content (AvgIpc) is 2.33. The summed E-state index contributed by atoms with van der Waals surface area (Å²) in [6, 6.07) is 2.58. The van der Waals surface area contributed by atoms with Gasteiger partial charge in [0.2, 0.25) is 0 Å². The van der Waals surface area contributed by atoms with E-state index in [0.29, 0.717) is 12.6 Å². The van der Waals surface area contributed by atoms with Gasteiger partial charge in [-0.15, -0.1) is 0 Å². The van der Waals surface area contributed by atoms with Crippen LogP contribution >= 0.6 is 0 Å². The van der Waals surface area contributed by atoms with Crippen LogP contribution in [0.25, 0.3) is 0 Å². The van der Waals surface area contributed by atoms with Gasteiger partial charge in [0.15, 0.2) is 0 Å². The lowest BCUT2D eigenvalue weighted by Crippen LogP contribution is -2.48. The first-order valence-corrected chi connectivity index (χ1v) is 6.65. The Bertz CT molecular complexity index is 408. The first-order valence-electron chi connectivity index (χ1n) is 6.65. The van der Waals surface area contributed by atoms with E-state index < -0.39 is 0 Å². The van der Waals surface area contributed by atoms with Crippen molar-refractivity contribution >= 4 is 5.82 Å². The van der Waals surface area contributed by atoms with Crippen LogP contribution in [0.4, 0.5) is 5.82 Å². The number of anilines is 1. The van der Waals surface area contributed by atoms with Gasteiger partial charge in [0.05, 0.1) is 18.8 Å². The van der Waals surface area contributed by atoms with E-state index in [9.17, 15) is 0 Å². The van der Waals surface area contributed by atoms with Gasteiger partial charge < -0.3 is 15.4 Å². The molecule has 2 N–H and O–H groups in total. The number of aryl methyl sites for hydroxylation is 1. The lowest BCUT2D eigenvalue weighted by atomic mass is 10.1. The maximum Gasteiger partial charge on any atom is 0.131 e. The van der Waals surface area contributed by atoms with Gasteiger partial charge in [-0.05, 0) is 44.9 Å². The largest absolute Gasteiger partial charge is 0.375 e. The predicted octanol–water partition coefficient (Wildman–Crippen LogP) is 1.50. The van der Waals surface area contributed by atoms with Crippen molar-refractivity contribution in [2.24, 2.45) is 5.73 Å². The lowest BCUT2D eigenvalue weighted by molar-refractivity contribution is 0.0340. The number of aromatic nitrogens is 1. The van der Waals surface area contributed by atoms with Crippen LogP contribution in [0.5, 0.6) is 0 Å². The molecule has 2 heterocycles. The Balaban J connectivity index is 2.21. The highest BCUT2D eigenvalue weighted by Crippen LogP contribution is 2.23. The highest BCUT2D eigenvalue weighted by Gasteiger charge is 2.25. The molecule has 1 aliphatic heterocycles. The zero-order valence-electron chi connectivity index (χ0n) is 11.5. The van der Waals surface area contributed by atoms with Gasteiger partial charge in [0, 0.05) is 12.7 Å². The topological polar surface area (TPSA) is 51.4 Å². The summed E-state index contributed by atoms with van der Waals surface area (Å²) in [5.41, 5.74) is 8.02. The van der Waals surface area contributed by atoms with Gasteiger partial charge in [0.1, 0.15) is 5.82 Å². The van der Waals surface area contributed by atoms with Crippen LogP contribution in [0.2, 0.25) is 0 Å². The molecule has 0 saturated carbocycles. The number of ether oxygens (including phenoxy) is 1. The van der Waals surface area contributed by atoms with Crippen LogP contribution < -0.4 is 10.6 Å². The summed E-state index contributed by atoms with van der Waals surface area (Å²) >= 11 is 0. The number of rotatable bonds is 3. The van der Waals surface area contributed by atoms with Gasteiger partial charge in [-0.2, -0.15) is 0 Å². The summed E-state index contributed by atoms with van der Waals surface area (Å²) < 4.78 is 5.66. The third kappa shape index (κ3) is 2.82. The van der Waals surface area contributed by atoms with E-state index in [1.54, 1.807) is 0 Å². The quantitative estimate of drug-likeness (QED) is 0.882.